The van der Waals surface area contributed by atoms with Crippen LogP contribution in [0.25, 0.3) is 0 Å². The van der Waals surface area contributed by atoms with E-state index in [0.717, 1.165) is 19.3 Å². The summed E-state index contributed by atoms with van der Waals surface area (Å²) >= 11 is 0. The van der Waals surface area contributed by atoms with Crippen molar-refractivity contribution in [1.29, 1.82) is 0 Å². The molecule has 80 valence electrons. The van der Waals surface area contributed by atoms with Gasteiger partial charge in [0.05, 0.1) is 0 Å². The monoisotopic (exact) mass is 208 g/mol. The third-order valence-corrected chi connectivity index (χ3v) is 3.14. The Morgan fingerprint density at radius 2 is 1.85 bits per heavy atom. The number of nitrogens with zero attached hydrogens (tertiary/aromatic N) is 1. The second-order valence-corrected chi connectivity index (χ2v) is 4.96. The molecule has 0 aliphatic carbocycles. The standard InChI is InChI=1S/C8H20N2O2S/c1-4-5-6-7-10(8(2)3)13(9,11)12/h8H,4-7H2,1-3H3,(H2,9,11,12). The first-order chi connectivity index (χ1) is 5.89. The molecule has 0 amide bonds. The van der Waals surface area contributed by atoms with Gasteiger partial charge in [-0.1, -0.05) is 19.8 Å². The molecule has 0 saturated heterocycles. The minimum absolute atomic E-state index is 0.0492. The first-order valence-corrected chi connectivity index (χ1v) is 6.19. The Bertz CT molecular complexity index is 224. The van der Waals surface area contributed by atoms with Gasteiger partial charge in [-0.3, -0.25) is 0 Å². The van der Waals surface area contributed by atoms with E-state index >= 15 is 0 Å². The van der Waals surface area contributed by atoms with Crippen LogP contribution in [0.2, 0.25) is 0 Å². The Balaban J connectivity index is 4.13. The normalized spacial score (nSPS) is 12.8. The molecular formula is C8H20N2O2S. The van der Waals surface area contributed by atoms with Gasteiger partial charge in [0, 0.05) is 12.6 Å². The highest BCUT2D eigenvalue weighted by Crippen LogP contribution is 2.06. The lowest BCUT2D eigenvalue weighted by Gasteiger charge is -2.22. The van der Waals surface area contributed by atoms with Gasteiger partial charge in [-0.05, 0) is 20.3 Å². The number of rotatable bonds is 6. The number of hydrogen-bond donors (Lipinski definition) is 1. The molecule has 0 aliphatic heterocycles. The number of hydrogen-bond acceptors (Lipinski definition) is 2. The zero-order valence-corrected chi connectivity index (χ0v) is 9.47. The maximum absolute atomic E-state index is 11.1. The molecule has 0 spiro atoms. The summed E-state index contributed by atoms with van der Waals surface area (Å²) in [6, 6.07) is -0.0492. The van der Waals surface area contributed by atoms with Gasteiger partial charge in [-0.2, -0.15) is 12.7 Å². The van der Waals surface area contributed by atoms with Crippen LogP contribution in [-0.2, 0) is 10.2 Å². The summed E-state index contributed by atoms with van der Waals surface area (Å²) in [5.74, 6) is 0. The van der Waals surface area contributed by atoms with Crippen molar-refractivity contribution >= 4 is 10.2 Å². The second-order valence-electron chi connectivity index (χ2n) is 3.46. The molecule has 0 fully saturated rings. The van der Waals surface area contributed by atoms with Crippen molar-refractivity contribution in [2.75, 3.05) is 6.54 Å². The van der Waals surface area contributed by atoms with Gasteiger partial charge in [0.2, 0.25) is 0 Å². The highest BCUT2D eigenvalue weighted by atomic mass is 32.2. The van der Waals surface area contributed by atoms with Gasteiger partial charge in [0.1, 0.15) is 0 Å². The van der Waals surface area contributed by atoms with Crippen LogP contribution in [0.4, 0.5) is 0 Å². The summed E-state index contributed by atoms with van der Waals surface area (Å²) in [7, 11) is -3.51. The number of nitrogens with two attached hydrogens (primary N) is 1. The Kier molecular flexibility index (Phi) is 5.51. The molecule has 0 aromatic carbocycles. The smallest absolute Gasteiger partial charge is 0.216 e. The Morgan fingerprint density at radius 3 is 2.15 bits per heavy atom. The molecule has 0 rings (SSSR count). The summed E-state index contributed by atoms with van der Waals surface area (Å²) in [5.41, 5.74) is 0. The number of unbranched alkanes of at least 4 members (excludes halogenated alkanes) is 2. The third-order valence-electron chi connectivity index (χ3n) is 1.88. The first-order valence-electron chi connectivity index (χ1n) is 4.69. The summed E-state index contributed by atoms with van der Waals surface area (Å²) in [5, 5.41) is 5.06. The Labute approximate surface area is 81.3 Å². The molecule has 4 nitrogen and oxygen atoms in total. The van der Waals surface area contributed by atoms with Gasteiger partial charge in [-0.25, -0.2) is 5.14 Å². The molecule has 0 radical (unpaired) electrons. The van der Waals surface area contributed by atoms with Gasteiger partial charge < -0.3 is 0 Å². The van der Waals surface area contributed by atoms with E-state index in [0.29, 0.717) is 6.54 Å². The van der Waals surface area contributed by atoms with Crippen molar-refractivity contribution in [2.45, 2.75) is 46.1 Å². The molecule has 0 aromatic rings. The molecule has 2 N–H and O–H groups in total. The highest BCUT2D eigenvalue weighted by Gasteiger charge is 2.19. The minimum atomic E-state index is -3.51. The van der Waals surface area contributed by atoms with Crippen LogP contribution in [0.1, 0.15) is 40.0 Å². The van der Waals surface area contributed by atoms with Crippen molar-refractivity contribution in [2.24, 2.45) is 5.14 Å². The van der Waals surface area contributed by atoms with Crippen molar-refractivity contribution in [1.82, 2.24) is 4.31 Å². The maximum atomic E-state index is 11.1. The average molecular weight is 208 g/mol. The van der Waals surface area contributed by atoms with E-state index in [-0.39, 0.29) is 6.04 Å². The predicted molar refractivity (Wildman–Crippen MR) is 54.5 cm³/mol. The van der Waals surface area contributed by atoms with Crippen molar-refractivity contribution < 1.29 is 8.42 Å². The Hall–Kier alpha value is -0.130. The van der Waals surface area contributed by atoms with Crippen molar-refractivity contribution in [3.8, 4) is 0 Å². The maximum Gasteiger partial charge on any atom is 0.277 e. The largest absolute Gasteiger partial charge is 0.277 e. The lowest BCUT2D eigenvalue weighted by molar-refractivity contribution is 0.346. The lowest BCUT2D eigenvalue weighted by Crippen LogP contribution is -2.41. The molecule has 0 aliphatic rings. The van der Waals surface area contributed by atoms with Gasteiger partial charge in [0.25, 0.3) is 10.2 Å². The van der Waals surface area contributed by atoms with E-state index in [1.807, 2.05) is 13.8 Å². The summed E-state index contributed by atoms with van der Waals surface area (Å²) in [6.45, 7) is 6.27. The van der Waals surface area contributed by atoms with Crippen LogP contribution >= 0.6 is 0 Å². The summed E-state index contributed by atoms with van der Waals surface area (Å²) in [6.07, 6.45) is 3.00. The van der Waals surface area contributed by atoms with E-state index < -0.39 is 10.2 Å². The first kappa shape index (κ1) is 12.9. The van der Waals surface area contributed by atoms with Crippen LogP contribution in [0, 0.1) is 0 Å². The van der Waals surface area contributed by atoms with Crippen LogP contribution in [0.3, 0.4) is 0 Å². The molecule has 0 unspecified atom stereocenters. The lowest BCUT2D eigenvalue weighted by atomic mass is 10.2. The fourth-order valence-corrected chi connectivity index (χ4v) is 2.17. The topological polar surface area (TPSA) is 63.4 Å². The fraction of sp³-hybridized carbons (Fsp3) is 1.00. The zero-order valence-electron chi connectivity index (χ0n) is 8.66. The molecule has 0 atom stereocenters. The molecular weight excluding hydrogens is 188 g/mol. The quantitative estimate of drug-likeness (QED) is 0.664. The van der Waals surface area contributed by atoms with Crippen LogP contribution in [0.15, 0.2) is 0 Å². The van der Waals surface area contributed by atoms with Gasteiger partial charge >= 0.3 is 0 Å². The van der Waals surface area contributed by atoms with Gasteiger partial charge in [-0.15, -0.1) is 0 Å². The average Bonchev–Trinajstić information content (AvgIpc) is 1.94. The van der Waals surface area contributed by atoms with E-state index in [1.54, 1.807) is 0 Å². The molecule has 0 saturated carbocycles. The van der Waals surface area contributed by atoms with Crippen molar-refractivity contribution in [3.05, 3.63) is 0 Å². The SMILES string of the molecule is CCCCCN(C(C)C)S(N)(=O)=O. The summed E-state index contributed by atoms with van der Waals surface area (Å²) < 4.78 is 23.5. The zero-order chi connectivity index (χ0) is 10.5. The van der Waals surface area contributed by atoms with Gasteiger partial charge in [0.15, 0.2) is 0 Å². The molecule has 0 heterocycles. The van der Waals surface area contributed by atoms with E-state index in [4.69, 9.17) is 5.14 Å². The van der Waals surface area contributed by atoms with E-state index in [9.17, 15) is 8.42 Å². The molecule has 0 aromatic heterocycles. The van der Waals surface area contributed by atoms with Crippen LogP contribution in [-0.4, -0.2) is 25.3 Å². The van der Waals surface area contributed by atoms with E-state index in [1.165, 1.54) is 4.31 Å². The molecule has 5 heteroatoms. The fourth-order valence-electron chi connectivity index (χ4n) is 1.20. The molecule has 0 bridgehead atoms. The van der Waals surface area contributed by atoms with E-state index in [2.05, 4.69) is 6.92 Å². The predicted octanol–water partition coefficient (Wildman–Crippen LogP) is 1.09. The Morgan fingerprint density at radius 1 is 1.31 bits per heavy atom. The second kappa shape index (κ2) is 5.57. The van der Waals surface area contributed by atoms with Crippen LogP contribution < -0.4 is 5.14 Å². The third kappa shape index (κ3) is 5.23. The molecule has 13 heavy (non-hydrogen) atoms. The summed E-state index contributed by atoms with van der Waals surface area (Å²) in [4.78, 5) is 0. The van der Waals surface area contributed by atoms with Crippen LogP contribution in [0.5, 0.6) is 0 Å². The minimum Gasteiger partial charge on any atom is -0.216 e. The highest BCUT2D eigenvalue weighted by molar-refractivity contribution is 7.86. The van der Waals surface area contributed by atoms with Crippen molar-refractivity contribution in [3.63, 3.8) is 0 Å².